The Hall–Kier alpha value is -4.36. The van der Waals surface area contributed by atoms with Crippen LogP contribution in [0.3, 0.4) is 0 Å². The predicted octanol–water partition coefficient (Wildman–Crippen LogP) is 8.25. The molecule has 1 amide bonds. The zero-order chi connectivity index (χ0) is 26.3. The van der Waals surface area contributed by atoms with Crippen molar-refractivity contribution in [2.24, 2.45) is 0 Å². The Morgan fingerprint density at radius 3 is 2.18 bits per heavy atom. The summed E-state index contributed by atoms with van der Waals surface area (Å²) in [5.41, 5.74) is 5.16. The fourth-order valence-corrected chi connectivity index (χ4v) is 5.59. The molecule has 1 aliphatic carbocycles. The zero-order valence-electron chi connectivity index (χ0n) is 20.6. The molecule has 1 fully saturated rings. The van der Waals surface area contributed by atoms with Crippen molar-refractivity contribution in [3.63, 3.8) is 0 Å². The van der Waals surface area contributed by atoms with Crippen molar-refractivity contribution >= 4 is 39.4 Å². The molecule has 1 atom stereocenters. The Balaban J connectivity index is 1.23. The van der Waals surface area contributed by atoms with Crippen LogP contribution in [0.5, 0.6) is 0 Å². The number of aliphatic carboxylic acids is 1. The molecule has 190 valence electrons. The van der Waals surface area contributed by atoms with Crippen molar-refractivity contribution in [3.05, 3.63) is 101 Å². The van der Waals surface area contributed by atoms with Gasteiger partial charge >= 0.3 is 12.1 Å². The highest BCUT2D eigenvalue weighted by molar-refractivity contribution is 7.17. The van der Waals surface area contributed by atoms with Crippen LogP contribution in [0.4, 0.5) is 10.5 Å². The lowest BCUT2D eigenvalue weighted by Gasteiger charge is -2.14. The molecule has 0 spiro atoms. The van der Waals surface area contributed by atoms with Crippen LogP contribution >= 0.6 is 11.3 Å². The predicted molar refractivity (Wildman–Crippen MR) is 148 cm³/mol. The monoisotopic (exact) mass is 523 g/mol. The first-order chi connectivity index (χ1) is 18.4. The highest BCUT2D eigenvalue weighted by Gasteiger charge is 2.51. The van der Waals surface area contributed by atoms with Gasteiger partial charge in [0.25, 0.3) is 0 Å². The lowest BCUT2D eigenvalue weighted by atomic mass is 9.93. The third-order valence-electron chi connectivity index (χ3n) is 7.15. The topological polar surface area (TPSA) is 88.8 Å². The van der Waals surface area contributed by atoms with Gasteiger partial charge in [-0.25, -0.2) is 4.79 Å². The molecule has 5 aromatic rings. The number of hydrogen-bond donors (Lipinski definition) is 2. The van der Waals surface area contributed by atoms with Gasteiger partial charge in [0.05, 0.1) is 10.1 Å². The van der Waals surface area contributed by atoms with Gasteiger partial charge in [-0.1, -0.05) is 78.9 Å². The Morgan fingerprint density at radius 1 is 0.921 bits per heavy atom. The molecule has 6 nitrogen and oxygen atoms in total. The van der Waals surface area contributed by atoms with Gasteiger partial charge in [0, 0.05) is 5.56 Å². The normalized spacial score (nSPS) is 14.7. The molecule has 2 aromatic heterocycles. The molecule has 6 rings (SSSR count). The average Bonchev–Trinajstić information content (AvgIpc) is 3.52. The van der Waals surface area contributed by atoms with Gasteiger partial charge < -0.3 is 14.3 Å². The maximum Gasteiger partial charge on any atom is 0.412 e. The summed E-state index contributed by atoms with van der Waals surface area (Å²) in [6.45, 7) is 1.84. The summed E-state index contributed by atoms with van der Waals surface area (Å²) < 4.78 is 12.6. The lowest BCUT2D eigenvalue weighted by molar-refractivity contribution is -0.140. The number of thiophene rings is 1. The lowest BCUT2D eigenvalue weighted by Crippen LogP contribution is -2.19. The van der Waals surface area contributed by atoms with Gasteiger partial charge in [-0.2, -0.15) is 0 Å². The van der Waals surface area contributed by atoms with Gasteiger partial charge in [-0.05, 0) is 53.5 Å². The van der Waals surface area contributed by atoms with Gasteiger partial charge in [0.15, 0.2) is 5.76 Å². The molecule has 0 radical (unpaired) electrons. The largest absolute Gasteiger partial charge is 0.481 e. The van der Waals surface area contributed by atoms with E-state index in [1.165, 1.54) is 11.3 Å². The molecule has 1 aliphatic rings. The van der Waals surface area contributed by atoms with E-state index in [2.05, 4.69) is 5.32 Å². The maximum absolute atomic E-state index is 12.8. The minimum atomic E-state index is -0.754. The van der Waals surface area contributed by atoms with Crippen molar-refractivity contribution in [2.45, 2.75) is 31.3 Å². The summed E-state index contributed by atoms with van der Waals surface area (Å²) in [5.74, 6) is -0.189. The number of carboxylic acid groups (broad SMARTS) is 1. The SMILES string of the molecule is CC(OC(=O)Nc1c(-c2ccc(-c3ccc(C4(C(=O)O)CC4)cc3)cc2)oc2ccsc12)c1ccccc1. The number of fused-ring (bicyclic) bond motifs is 1. The number of benzene rings is 3. The maximum atomic E-state index is 12.8. The molecule has 2 heterocycles. The second-order valence-electron chi connectivity index (χ2n) is 9.55. The summed E-state index contributed by atoms with van der Waals surface area (Å²) in [6, 6.07) is 27.1. The number of carboxylic acids is 1. The summed E-state index contributed by atoms with van der Waals surface area (Å²) >= 11 is 1.49. The van der Waals surface area contributed by atoms with Gasteiger partial charge in [-0.3, -0.25) is 10.1 Å². The van der Waals surface area contributed by atoms with Crippen LogP contribution in [0.1, 0.15) is 37.0 Å². The highest BCUT2D eigenvalue weighted by atomic mass is 32.1. The fourth-order valence-electron chi connectivity index (χ4n) is 4.77. The second-order valence-corrected chi connectivity index (χ2v) is 10.5. The first-order valence-electron chi connectivity index (χ1n) is 12.4. The zero-order valence-corrected chi connectivity index (χ0v) is 21.5. The minimum absolute atomic E-state index is 0.402. The quantitative estimate of drug-likeness (QED) is 0.224. The molecule has 1 saturated carbocycles. The van der Waals surface area contributed by atoms with Crippen LogP contribution in [-0.2, 0) is 14.9 Å². The van der Waals surface area contributed by atoms with E-state index in [-0.39, 0.29) is 0 Å². The van der Waals surface area contributed by atoms with E-state index in [1.807, 2.05) is 97.2 Å². The summed E-state index contributed by atoms with van der Waals surface area (Å²) in [4.78, 5) is 24.4. The molecular formula is C31H25NO5S. The van der Waals surface area contributed by atoms with Crippen molar-refractivity contribution < 1.29 is 23.8 Å². The Morgan fingerprint density at radius 2 is 1.55 bits per heavy atom. The van der Waals surface area contributed by atoms with E-state index in [0.717, 1.165) is 32.5 Å². The van der Waals surface area contributed by atoms with Crippen LogP contribution in [-0.4, -0.2) is 17.2 Å². The summed E-state index contributed by atoms with van der Waals surface area (Å²) in [5, 5.41) is 14.4. The Bertz CT molecular complexity index is 1610. The smallest absolute Gasteiger partial charge is 0.412 e. The molecule has 7 heteroatoms. The fraction of sp³-hybridized carbons (Fsp3) is 0.161. The van der Waals surface area contributed by atoms with E-state index >= 15 is 0 Å². The number of carbonyl (C=O) groups is 2. The molecule has 0 saturated heterocycles. The van der Waals surface area contributed by atoms with Crippen LogP contribution < -0.4 is 5.32 Å². The van der Waals surface area contributed by atoms with E-state index in [9.17, 15) is 14.7 Å². The molecule has 1 unspecified atom stereocenters. The van der Waals surface area contributed by atoms with E-state index < -0.39 is 23.6 Å². The number of anilines is 1. The summed E-state index contributed by atoms with van der Waals surface area (Å²) in [6.07, 6.45) is 0.421. The summed E-state index contributed by atoms with van der Waals surface area (Å²) in [7, 11) is 0. The first kappa shape index (κ1) is 24.0. The van der Waals surface area contributed by atoms with Crippen molar-refractivity contribution in [3.8, 4) is 22.5 Å². The highest BCUT2D eigenvalue weighted by Crippen LogP contribution is 2.48. The number of ether oxygens (including phenoxy) is 1. The molecule has 2 N–H and O–H groups in total. The van der Waals surface area contributed by atoms with E-state index in [0.29, 0.717) is 29.9 Å². The molecule has 0 bridgehead atoms. The number of nitrogens with one attached hydrogen (secondary N) is 1. The third kappa shape index (κ3) is 4.35. The van der Waals surface area contributed by atoms with Gasteiger partial charge in [0.2, 0.25) is 0 Å². The van der Waals surface area contributed by atoms with E-state index in [1.54, 1.807) is 0 Å². The molecule has 3 aromatic carbocycles. The molecule has 0 aliphatic heterocycles. The molecule has 38 heavy (non-hydrogen) atoms. The Labute approximate surface area is 223 Å². The number of hydrogen-bond acceptors (Lipinski definition) is 5. The third-order valence-corrected chi connectivity index (χ3v) is 8.07. The number of furan rings is 1. The number of rotatable bonds is 7. The molecular weight excluding hydrogens is 498 g/mol. The Kier molecular flexibility index (Phi) is 6.00. The first-order valence-corrected chi connectivity index (χ1v) is 13.3. The van der Waals surface area contributed by atoms with Gasteiger partial charge in [0.1, 0.15) is 17.4 Å². The minimum Gasteiger partial charge on any atom is -0.481 e. The van der Waals surface area contributed by atoms with Gasteiger partial charge in [-0.15, -0.1) is 11.3 Å². The second kappa shape index (κ2) is 9.50. The average molecular weight is 524 g/mol. The van der Waals surface area contributed by atoms with Crippen LogP contribution in [0, 0.1) is 0 Å². The number of amides is 1. The van der Waals surface area contributed by atoms with Crippen LogP contribution in [0.2, 0.25) is 0 Å². The van der Waals surface area contributed by atoms with E-state index in [4.69, 9.17) is 9.15 Å². The van der Waals surface area contributed by atoms with Crippen molar-refractivity contribution in [2.75, 3.05) is 5.32 Å². The van der Waals surface area contributed by atoms with Crippen molar-refractivity contribution in [1.82, 2.24) is 0 Å². The van der Waals surface area contributed by atoms with Crippen LogP contribution in [0.25, 0.3) is 32.7 Å². The standard InChI is InChI=1S/C31H25NO5S/c1-19(20-5-3-2-4-6-20)36-30(35)32-26-27(37-25-15-18-38-28(25)26)23-9-7-21(8-10-23)22-11-13-24(14-12-22)31(16-17-31)29(33)34/h2-15,18-19H,16-17H2,1H3,(H,32,35)(H,33,34). The van der Waals surface area contributed by atoms with Crippen molar-refractivity contribution in [1.29, 1.82) is 0 Å². The number of carbonyl (C=O) groups excluding carboxylic acids is 1. The van der Waals surface area contributed by atoms with Crippen LogP contribution in [0.15, 0.2) is 94.7 Å².